The van der Waals surface area contributed by atoms with Gasteiger partial charge in [0.2, 0.25) is 0 Å². The van der Waals surface area contributed by atoms with E-state index in [1.165, 1.54) is 0 Å². The number of hydrogen-bond acceptors (Lipinski definition) is 2. The molecule has 92 valence electrons. The van der Waals surface area contributed by atoms with Gasteiger partial charge in [-0.3, -0.25) is 0 Å². The van der Waals surface area contributed by atoms with Crippen molar-refractivity contribution in [3.05, 3.63) is 30.0 Å². The van der Waals surface area contributed by atoms with Crippen molar-refractivity contribution >= 4 is 10.9 Å². The van der Waals surface area contributed by atoms with Crippen molar-refractivity contribution < 1.29 is 10.2 Å². The normalized spacial score (nSPS) is 12.6. The fraction of sp³-hybridized carbons (Fsp3) is 0.429. The standard InChI is InChI=1S/C14H19NO2/c1-9(2)15-11-6-5-7-12(16)10(11)8-13(15)14(3,4)17/h5-9,16-17H,1-4H3. The number of fused-ring (bicyclic) bond motifs is 1. The van der Waals surface area contributed by atoms with E-state index in [2.05, 4.69) is 18.4 Å². The Morgan fingerprint density at radius 2 is 1.88 bits per heavy atom. The van der Waals surface area contributed by atoms with E-state index in [0.717, 1.165) is 16.6 Å². The van der Waals surface area contributed by atoms with Crippen LogP contribution >= 0.6 is 0 Å². The van der Waals surface area contributed by atoms with Crippen LogP contribution in [-0.2, 0) is 5.60 Å². The lowest BCUT2D eigenvalue weighted by Gasteiger charge is -2.23. The van der Waals surface area contributed by atoms with Crippen LogP contribution < -0.4 is 0 Å². The van der Waals surface area contributed by atoms with E-state index >= 15 is 0 Å². The average molecular weight is 233 g/mol. The average Bonchev–Trinajstić information content (AvgIpc) is 2.57. The maximum atomic E-state index is 10.2. The molecule has 2 rings (SSSR count). The maximum absolute atomic E-state index is 10.2. The summed E-state index contributed by atoms with van der Waals surface area (Å²) in [5.41, 5.74) is 0.858. The second-order valence-electron chi connectivity index (χ2n) is 5.26. The first-order valence-corrected chi connectivity index (χ1v) is 5.88. The molecule has 17 heavy (non-hydrogen) atoms. The molecule has 3 heteroatoms. The number of phenols is 1. The lowest BCUT2D eigenvalue weighted by Crippen LogP contribution is -2.21. The third-order valence-corrected chi connectivity index (χ3v) is 3.00. The Hall–Kier alpha value is -1.48. The van der Waals surface area contributed by atoms with Crippen LogP contribution in [0.4, 0.5) is 0 Å². The van der Waals surface area contributed by atoms with Crippen molar-refractivity contribution in [3.63, 3.8) is 0 Å². The Kier molecular flexibility index (Phi) is 2.66. The third-order valence-electron chi connectivity index (χ3n) is 3.00. The van der Waals surface area contributed by atoms with Crippen LogP contribution in [-0.4, -0.2) is 14.8 Å². The molecule has 1 aromatic heterocycles. The van der Waals surface area contributed by atoms with E-state index in [4.69, 9.17) is 0 Å². The molecule has 2 aromatic rings. The smallest absolute Gasteiger partial charge is 0.124 e. The molecule has 3 nitrogen and oxygen atoms in total. The quantitative estimate of drug-likeness (QED) is 0.837. The summed E-state index contributed by atoms with van der Waals surface area (Å²) in [5.74, 6) is 0.257. The van der Waals surface area contributed by atoms with Crippen molar-refractivity contribution in [3.8, 4) is 5.75 Å². The summed E-state index contributed by atoms with van der Waals surface area (Å²) in [6.07, 6.45) is 0. The zero-order valence-corrected chi connectivity index (χ0v) is 10.7. The van der Waals surface area contributed by atoms with Gasteiger partial charge >= 0.3 is 0 Å². The zero-order valence-electron chi connectivity index (χ0n) is 10.7. The van der Waals surface area contributed by atoms with E-state index in [1.54, 1.807) is 19.9 Å². The van der Waals surface area contributed by atoms with Crippen LogP contribution in [0.1, 0.15) is 39.4 Å². The molecule has 0 aliphatic carbocycles. The molecule has 0 bridgehead atoms. The highest BCUT2D eigenvalue weighted by Gasteiger charge is 2.24. The highest BCUT2D eigenvalue weighted by atomic mass is 16.3. The lowest BCUT2D eigenvalue weighted by atomic mass is 10.0. The summed E-state index contributed by atoms with van der Waals surface area (Å²) in [7, 11) is 0. The Bertz CT molecular complexity index is 547. The number of benzene rings is 1. The van der Waals surface area contributed by atoms with Gasteiger partial charge in [0.15, 0.2) is 0 Å². The number of hydrogen-bond donors (Lipinski definition) is 2. The van der Waals surface area contributed by atoms with E-state index < -0.39 is 5.60 Å². The molecule has 1 heterocycles. The van der Waals surface area contributed by atoms with Gasteiger partial charge in [0.05, 0.1) is 16.8 Å². The second-order valence-corrected chi connectivity index (χ2v) is 5.26. The molecule has 0 radical (unpaired) electrons. The molecule has 0 saturated heterocycles. The Morgan fingerprint density at radius 1 is 1.24 bits per heavy atom. The largest absolute Gasteiger partial charge is 0.507 e. The van der Waals surface area contributed by atoms with Crippen LogP contribution in [0.25, 0.3) is 10.9 Å². The summed E-state index contributed by atoms with van der Waals surface area (Å²) in [5, 5.41) is 20.9. The van der Waals surface area contributed by atoms with Crippen molar-refractivity contribution in [2.75, 3.05) is 0 Å². The van der Waals surface area contributed by atoms with Crippen molar-refractivity contribution in [2.45, 2.75) is 39.3 Å². The van der Waals surface area contributed by atoms with Crippen molar-refractivity contribution in [2.24, 2.45) is 0 Å². The first kappa shape index (κ1) is 12.0. The van der Waals surface area contributed by atoms with Crippen LogP contribution in [0.3, 0.4) is 0 Å². The summed E-state index contributed by atoms with van der Waals surface area (Å²) >= 11 is 0. The van der Waals surface area contributed by atoms with Crippen LogP contribution in [0.15, 0.2) is 24.3 Å². The van der Waals surface area contributed by atoms with Gasteiger partial charge in [-0.05, 0) is 45.9 Å². The van der Waals surface area contributed by atoms with Crippen molar-refractivity contribution in [1.82, 2.24) is 4.57 Å². The number of phenolic OH excluding ortho intramolecular Hbond substituents is 1. The van der Waals surface area contributed by atoms with Gasteiger partial charge in [0.1, 0.15) is 5.75 Å². The first-order chi connectivity index (χ1) is 7.82. The van der Waals surface area contributed by atoms with E-state index in [0.29, 0.717) is 0 Å². The molecule has 0 atom stereocenters. The Labute approximate surface area is 101 Å². The predicted molar refractivity (Wildman–Crippen MR) is 69.2 cm³/mol. The second kappa shape index (κ2) is 3.77. The minimum Gasteiger partial charge on any atom is -0.507 e. The molecule has 0 saturated carbocycles. The molecule has 0 unspecified atom stereocenters. The van der Waals surface area contributed by atoms with Gasteiger partial charge in [-0.15, -0.1) is 0 Å². The molecule has 0 aliphatic heterocycles. The Morgan fingerprint density at radius 3 is 2.41 bits per heavy atom. The maximum Gasteiger partial charge on any atom is 0.124 e. The number of nitrogens with zero attached hydrogens (tertiary/aromatic N) is 1. The molecular formula is C14H19NO2. The first-order valence-electron chi connectivity index (χ1n) is 5.88. The van der Waals surface area contributed by atoms with Crippen LogP contribution in [0.2, 0.25) is 0 Å². The molecule has 0 aliphatic rings. The molecular weight excluding hydrogens is 214 g/mol. The molecule has 1 aromatic carbocycles. The molecule has 0 amide bonds. The van der Waals surface area contributed by atoms with Gasteiger partial charge in [-0.2, -0.15) is 0 Å². The lowest BCUT2D eigenvalue weighted by molar-refractivity contribution is 0.0691. The number of aromatic hydroxyl groups is 1. The zero-order chi connectivity index (χ0) is 12.8. The summed E-state index contributed by atoms with van der Waals surface area (Å²) in [6.45, 7) is 7.66. The van der Waals surface area contributed by atoms with Crippen molar-refractivity contribution in [1.29, 1.82) is 0 Å². The Balaban J connectivity index is 2.85. The van der Waals surface area contributed by atoms with Gasteiger partial charge in [0.25, 0.3) is 0 Å². The number of aliphatic hydroxyl groups is 1. The molecule has 0 fully saturated rings. The summed E-state index contributed by atoms with van der Waals surface area (Å²) < 4.78 is 2.06. The number of aromatic nitrogens is 1. The molecule has 0 spiro atoms. The van der Waals surface area contributed by atoms with E-state index in [-0.39, 0.29) is 11.8 Å². The minimum atomic E-state index is -0.921. The monoisotopic (exact) mass is 233 g/mol. The fourth-order valence-corrected chi connectivity index (χ4v) is 2.26. The third kappa shape index (κ3) is 1.91. The fourth-order valence-electron chi connectivity index (χ4n) is 2.26. The topological polar surface area (TPSA) is 45.4 Å². The predicted octanol–water partition coefficient (Wildman–Crippen LogP) is 3.16. The van der Waals surface area contributed by atoms with Gasteiger partial charge in [-0.1, -0.05) is 6.07 Å². The summed E-state index contributed by atoms with van der Waals surface area (Å²) in [6, 6.07) is 7.55. The van der Waals surface area contributed by atoms with Gasteiger partial charge < -0.3 is 14.8 Å². The van der Waals surface area contributed by atoms with E-state index in [9.17, 15) is 10.2 Å². The summed E-state index contributed by atoms with van der Waals surface area (Å²) in [4.78, 5) is 0. The van der Waals surface area contributed by atoms with Gasteiger partial charge in [-0.25, -0.2) is 0 Å². The van der Waals surface area contributed by atoms with Gasteiger partial charge in [0, 0.05) is 11.4 Å². The van der Waals surface area contributed by atoms with Crippen LogP contribution in [0, 0.1) is 0 Å². The SMILES string of the molecule is CC(C)n1c(C(C)(C)O)cc2c(O)cccc21. The molecule has 2 N–H and O–H groups in total. The minimum absolute atomic E-state index is 0.232. The van der Waals surface area contributed by atoms with Crippen LogP contribution in [0.5, 0.6) is 5.75 Å². The highest BCUT2D eigenvalue weighted by molar-refractivity contribution is 5.87. The highest BCUT2D eigenvalue weighted by Crippen LogP contribution is 2.34. The van der Waals surface area contributed by atoms with E-state index in [1.807, 2.05) is 18.2 Å². The number of rotatable bonds is 2.